The van der Waals surface area contributed by atoms with Crippen molar-refractivity contribution in [1.29, 1.82) is 5.26 Å². The van der Waals surface area contributed by atoms with Gasteiger partial charge in [-0.15, -0.1) is 0 Å². The molecule has 0 spiro atoms. The molecule has 206 valence electrons. The summed E-state index contributed by atoms with van der Waals surface area (Å²) in [6.07, 6.45) is 4.15. The molecule has 1 aromatic heterocycles. The molecule has 2 atom stereocenters. The molecule has 1 amide bonds. The Hall–Kier alpha value is -3.64. The van der Waals surface area contributed by atoms with Crippen LogP contribution in [0.4, 0.5) is 15.8 Å². The van der Waals surface area contributed by atoms with Crippen LogP contribution in [0.5, 0.6) is 5.88 Å². The van der Waals surface area contributed by atoms with Crippen LogP contribution in [0.1, 0.15) is 42.1 Å². The first kappa shape index (κ1) is 26.9. The number of hydrogen-bond donors (Lipinski definition) is 0. The molecule has 0 saturated carbocycles. The molecule has 39 heavy (non-hydrogen) atoms. The van der Waals surface area contributed by atoms with Gasteiger partial charge in [-0.2, -0.15) is 5.26 Å². The zero-order chi connectivity index (χ0) is 27.7. The Morgan fingerprint density at radius 1 is 1.28 bits per heavy atom. The van der Waals surface area contributed by atoms with E-state index in [4.69, 9.17) is 9.72 Å². The largest absolute Gasteiger partial charge is 0.475 e. The fourth-order valence-corrected chi connectivity index (χ4v) is 6.26. The lowest BCUT2D eigenvalue weighted by Gasteiger charge is -2.43. The molecule has 0 bridgehead atoms. The normalized spacial score (nSPS) is 21.5. The highest BCUT2D eigenvalue weighted by molar-refractivity contribution is 5.87. The molecule has 5 rings (SSSR count). The standard InChI is InChI=1S/C30H37FN6O2/c1-5-27(38)35-14-15-37(21(3)17-35)29-23-11-13-36(28-20(2)8-6-10-25(28)31)18-26(23)33-30(24(29)16-32)39-19-22-9-7-12-34(22)4/h5-6,8,10,21-22H,1,7,9,11-15,17-19H2,2-4H3/t21-,22-/m0/s1. The molecular weight excluding hydrogens is 495 g/mol. The summed E-state index contributed by atoms with van der Waals surface area (Å²) in [5, 5.41) is 10.4. The van der Waals surface area contributed by atoms with Gasteiger partial charge in [0, 0.05) is 43.8 Å². The van der Waals surface area contributed by atoms with Gasteiger partial charge >= 0.3 is 0 Å². The highest BCUT2D eigenvalue weighted by Gasteiger charge is 2.34. The first-order chi connectivity index (χ1) is 18.8. The Bertz CT molecular complexity index is 1290. The van der Waals surface area contributed by atoms with Crippen molar-refractivity contribution in [3.8, 4) is 11.9 Å². The summed E-state index contributed by atoms with van der Waals surface area (Å²) in [6, 6.07) is 7.82. The molecule has 4 heterocycles. The Balaban J connectivity index is 1.54. The Morgan fingerprint density at radius 3 is 2.77 bits per heavy atom. The molecule has 0 radical (unpaired) electrons. The molecule has 2 aromatic rings. The number of fused-ring (bicyclic) bond motifs is 1. The molecule has 2 saturated heterocycles. The maximum Gasteiger partial charge on any atom is 0.246 e. The Kier molecular flexibility index (Phi) is 7.76. The van der Waals surface area contributed by atoms with E-state index in [0.717, 1.165) is 41.9 Å². The van der Waals surface area contributed by atoms with Crippen LogP contribution < -0.4 is 14.5 Å². The van der Waals surface area contributed by atoms with E-state index in [9.17, 15) is 14.4 Å². The highest BCUT2D eigenvalue weighted by atomic mass is 19.1. The number of anilines is 2. The third kappa shape index (κ3) is 5.18. The van der Waals surface area contributed by atoms with Gasteiger partial charge in [0.05, 0.1) is 23.6 Å². The van der Waals surface area contributed by atoms with E-state index in [0.29, 0.717) is 62.9 Å². The minimum Gasteiger partial charge on any atom is -0.475 e. The predicted molar refractivity (Wildman–Crippen MR) is 150 cm³/mol. The van der Waals surface area contributed by atoms with Crippen molar-refractivity contribution in [2.24, 2.45) is 0 Å². The van der Waals surface area contributed by atoms with Gasteiger partial charge < -0.3 is 24.3 Å². The molecule has 8 nitrogen and oxygen atoms in total. The quantitative estimate of drug-likeness (QED) is 0.526. The van der Waals surface area contributed by atoms with E-state index in [1.165, 1.54) is 12.1 Å². The number of pyridine rings is 1. The summed E-state index contributed by atoms with van der Waals surface area (Å²) >= 11 is 0. The number of carbonyl (C=O) groups excluding carboxylic acids is 1. The van der Waals surface area contributed by atoms with E-state index < -0.39 is 0 Å². The number of benzene rings is 1. The van der Waals surface area contributed by atoms with Gasteiger partial charge in [-0.25, -0.2) is 9.37 Å². The lowest BCUT2D eigenvalue weighted by Crippen LogP contribution is -2.54. The first-order valence-electron chi connectivity index (χ1n) is 13.8. The Morgan fingerprint density at radius 2 is 2.10 bits per heavy atom. The smallest absolute Gasteiger partial charge is 0.246 e. The van der Waals surface area contributed by atoms with E-state index in [1.54, 1.807) is 11.0 Å². The number of carbonyl (C=O) groups is 1. The van der Waals surface area contributed by atoms with Crippen molar-refractivity contribution in [3.05, 3.63) is 59.1 Å². The second-order valence-electron chi connectivity index (χ2n) is 10.9. The molecular formula is C30H37FN6O2. The molecule has 0 unspecified atom stereocenters. The summed E-state index contributed by atoms with van der Waals surface area (Å²) in [6.45, 7) is 11.8. The van der Waals surface area contributed by atoms with Crippen LogP contribution in [-0.2, 0) is 17.8 Å². The number of halogens is 1. The summed E-state index contributed by atoms with van der Waals surface area (Å²) < 4.78 is 21.2. The number of amides is 1. The third-order valence-corrected chi connectivity index (χ3v) is 8.40. The molecule has 2 fully saturated rings. The lowest BCUT2D eigenvalue weighted by molar-refractivity contribution is -0.126. The number of rotatable bonds is 6. The molecule has 9 heteroatoms. The van der Waals surface area contributed by atoms with Crippen LogP contribution >= 0.6 is 0 Å². The first-order valence-corrected chi connectivity index (χ1v) is 13.8. The Labute approximate surface area is 230 Å². The van der Waals surface area contributed by atoms with Gasteiger partial charge in [0.25, 0.3) is 0 Å². The molecule has 0 N–H and O–H groups in total. The number of likely N-dealkylation sites (N-methyl/N-ethyl adjacent to an activating group) is 1. The maximum atomic E-state index is 14.9. The monoisotopic (exact) mass is 532 g/mol. The van der Waals surface area contributed by atoms with Crippen LogP contribution in [0.15, 0.2) is 30.9 Å². The van der Waals surface area contributed by atoms with Gasteiger partial charge in [-0.05, 0) is 64.4 Å². The van der Waals surface area contributed by atoms with E-state index in [2.05, 4.69) is 36.4 Å². The van der Waals surface area contributed by atoms with E-state index >= 15 is 0 Å². The van der Waals surface area contributed by atoms with Gasteiger partial charge in [0.15, 0.2) is 0 Å². The van der Waals surface area contributed by atoms with Crippen LogP contribution in [-0.4, -0.2) is 79.2 Å². The number of aryl methyl sites for hydroxylation is 1. The van der Waals surface area contributed by atoms with E-state index in [-0.39, 0.29) is 23.8 Å². The number of piperazine rings is 1. The predicted octanol–water partition coefficient (Wildman–Crippen LogP) is 3.66. The highest BCUT2D eigenvalue weighted by Crippen LogP contribution is 2.39. The molecule has 1 aromatic carbocycles. The van der Waals surface area contributed by atoms with Crippen LogP contribution in [0.3, 0.4) is 0 Å². The minimum atomic E-state index is -0.246. The summed E-state index contributed by atoms with van der Waals surface area (Å²) in [7, 11) is 2.10. The van der Waals surface area contributed by atoms with Crippen LogP contribution in [0, 0.1) is 24.1 Å². The maximum absolute atomic E-state index is 14.9. The number of hydrogen-bond acceptors (Lipinski definition) is 7. The lowest BCUT2D eigenvalue weighted by atomic mass is 9.96. The SMILES string of the molecule is C=CC(=O)N1CCN(c2c(C#N)c(OC[C@@H]3CCCN3C)nc3c2CCN(c2c(C)cccc2F)C3)[C@@H](C)C1. The third-order valence-electron chi connectivity index (χ3n) is 8.40. The number of likely N-dealkylation sites (tertiary alicyclic amines) is 1. The van der Waals surface area contributed by atoms with Gasteiger partial charge in [0.2, 0.25) is 11.8 Å². The van der Waals surface area contributed by atoms with Gasteiger partial charge in [-0.1, -0.05) is 18.7 Å². The van der Waals surface area contributed by atoms with Gasteiger partial charge in [0.1, 0.15) is 24.1 Å². The topological polar surface area (TPSA) is 75.9 Å². The van der Waals surface area contributed by atoms with Crippen molar-refractivity contribution in [1.82, 2.24) is 14.8 Å². The van der Waals surface area contributed by atoms with E-state index in [1.807, 2.05) is 17.9 Å². The zero-order valence-corrected chi connectivity index (χ0v) is 23.1. The second kappa shape index (κ2) is 11.2. The fourth-order valence-electron chi connectivity index (χ4n) is 6.26. The van der Waals surface area contributed by atoms with Crippen LogP contribution in [0.2, 0.25) is 0 Å². The summed E-state index contributed by atoms with van der Waals surface area (Å²) in [5.41, 5.74) is 4.59. The fraction of sp³-hybridized carbons (Fsp3) is 0.500. The number of nitrogens with zero attached hydrogens (tertiary/aromatic N) is 6. The zero-order valence-electron chi connectivity index (χ0n) is 23.1. The average Bonchev–Trinajstić information content (AvgIpc) is 3.34. The average molecular weight is 533 g/mol. The number of ether oxygens (including phenoxy) is 1. The minimum absolute atomic E-state index is 0.0121. The molecule has 0 aliphatic carbocycles. The summed E-state index contributed by atoms with van der Waals surface area (Å²) in [5.74, 6) is 0.0134. The van der Waals surface area contributed by atoms with Crippen molar-refractivity contribution >= 4 is 17.3 Å². The van der Waals surface area contributed by atoms with Crippen LogP contribution in [0.25, 0.3) is 0 Å². The van der Waals surface area contributed by atoms with Gasteiger partial charge in [-0.3, -0.25) is 4.79 Å². The number of para-hydroxylation sites is 1. The van der Waals surface area contributed by atoms with Crippen molar-refractivity contribution in [2.75, 3.05) is 56.2 Å². The molecule has 3 aliphatic heterocycles. The van der Waals surface area contributed by atoms with Crippen molar-refractivity contribution in [3.63, 3.8) is 0 Å². The van der Waals surface area contributed by atoms with Crippen molar-refractivity contribution < 1.29 is 13.9 Å². The number of nitriles is 1. The summed E-state index contributed by atoms with van der Waals surface area (Å²) in [4.78, 5) is 25.5. The van der Waals surface area contributed by atoms with Crippen molar-refractivity contribution in [2.45, 2.75) is 51.7 Å². The number of aromatic nitrogens is 1. The second-order valence-corrected chi connectivity index (χ2v) is 10.9. The molecule has 3 aliphatic rings.